The average Bonchev–Trinajstić information content (AvgIpc) is 2.82. The molecule has 3 N–H and O–H groups in total. The van der Waals surface area contributed by atoms with Crippen molar-refractivity contribution in [2.45, 2.75) is 25.7 Å². The van der Waals surface area contributed by atoms with Crippen molar-refractivity contribution in [1.29, 1.82) is 0 Å². The van der Waals surface area contributed by atoms with Gasteiger partial charge in [0.1, 0.15) is 0 Å². The zero-order chi connectivity index (χ0) is 10.7. The molecule has 0 bridgehead atoms. The van der Waals surface area contributed by atoms with Gasteiger partial charge < -0.3 is 10.8 Å². The van der Waals surface area contributed by atoms with Crippen LogP contribution in [0.2, 0.25) is 0 Å². The lowest BCUT2D eigenvalue weighted by Crippen LogP contribution is -2.54. The summed E-state index contributed by atoms with van der Waals surface area (Å²) in [7, 11) is 0. The lowest BCUT2D eigenvalue weighted by Gasteiger charge is -2.54. The van der Waals surface area contributed by atoms with E-state index >= 15 is 0 Å². The quantitative estimate of drug-likeness (QED) is 0.687. The van der Waals surface area contributed by atoms with Crippen LogP contribution in [0, 0.1) is 22.7 Å². The molecule has 0 saturated heterocycles. The summed E-state index contributed by atoms with van der Waals surface area (Å²) < 4.78 is 0. The van der Waals surface area contributed by atoms with Crippen molar-refractivity contribution < 1.29 is 9.90 Å². The van der Waals surface area contributed by atoms with Gasteiger partial charge in [-0.15, -0.1) is 0 Å². The maximum atomic E-state index is 10.9. The van der Waals surface area contributed by atoms with Gasteiger partial charge in [-0.05, 0) is 48.5 Å². The van der Waals surface area contributed by atoms with E-state index in [1.807, 2.05) is 0 Å². The molecule has 3 aliphatic carbocycles. The zero-order valence-electron chi connectivity index (χ0n) is 8.78. The van der Waals surface area contributed by atoms with Crippen molar-refractivity contribution in [2.24, 2.45) is 28.4 Å². The van der Waals surface area contributed by atoms with Gasteiger partial charge in [0, 0.05) is 0 Å². The largest absolute Gasteiger partial charge is 0.481 e. The summed E-state index contributed by atoms with van der Waals surface area (Å²) in [6.45, 7) is 0.532. The molecule has 3 rings (SSSR count). The molecule has 1 spiro atoms. The maximum Gasteiger partial charge on any atom is 0.303 e. The molecule has 2 fully saturated rings. The summed E-state index contributed by atoms with van der Waals surface area (Å²) in [6, 6.07) is 0. The summed E-state index contributed by atoms with van der Waals surface area (Å²) in [5.74, 6) is 0.461. The van der Waals surface area contributed by atoms with Crippen LogP contribution in [-0.4, -0.2) is 17.6 Å². The molecule has 0 aromatic carbocycles. The third kappa shape index (κ3) is 1.07. The third-order valence-corrected chi connectivity index (χ3v) is 4.76. The predicted molar refractivity (Wildman–Crippen MR) is 56.1 cm³/mol. The van der Waals surface area contributed by atoms with Crippen molar-refractivity contribution in [3.05, 3.63) is 12.2 Å². The average molecular weight is 207 g/mol. The first-order chi connectivity index (χ1) is 7.12. The fraction of sp³-hybridized carbons (Fsp3) is 0.750. The smallest absolute Gasteiger partial charge is 0.303 e. The van der Waals surface area contributed by atoms with Crippen LogP contribution in [-0.2, 0) is 4.79 Å². The van der Waals surface area contributed by atoms with Crippen molar-refractivity contribution >= 4 is 5.97 Å². The normalized spacial score (nSPS) is 43.8. The van der Waals surface area contributed by atoms with Gasteiger partial charge in [-0.25, -0.2) is 0 Å². The second-order valence-corrected chi connectivity index (χ2v) is 5.57. The number of carbonyl (C=O) groups is 1. The zero-order valence-corrected chi connectivity index (χ0v) is 8.78. The maximum absolute atomic E-state index is 10.9. The highest BCUT2D eigenvalue weighted by Crippen LogP contribution is 2.72. The van der Waals surface area contributed by atoms with E-state index in [4.69, 9.17) is 10.8 Å². The van der Waals surface area contributed by atoms with Crippen molar-refractivity contribution in [2.75, 3.05) is 6.54 Å². The Hall–Kier alpha value is -0.830. The minimum Gasteiger partial charge on any atom is -0.481 e. The third-order valence-electron chi connectivity index (χ3n) is 4.76. The van der Waals surface area contributed by atoms with E-state index in [1.165, 1.54) is 12.8 Å². The van der Waals surface area contributed by atoms with Crippen molar-refractivity contribution in [3.8, 4) is 0 Å². The van der Waals surface area contributed by atoms with Gasteiger partial charge in [0.05, 0.1) is 6.42 Å². The number of fused-ring (bicyclic) bond motifs is 2. The minimum atomic E-state index is -0.693. The van der Waals surface area contributed by atoms with Gasteiger partial charge in [0.2, 0.25) is 0 Å². The van der Waals surface area contributed by atoms with Crippen LogP contribution in [0.25, 0.3) is 0 Å². The molecule has 0 amide bonds. The number of carboxylic acids is 1. The highest BCUT2D eigenvalue weighted by atomic mass is 16.4. The topological polar surface area (TPSA) is 63.3 Å². The first-order valence-electron chi connectivity index (χ1n) is 5.73. The van der Waals surface area contributed by atoms with Gasteiger partial charge in [-0.2, -0.15) is 0 Å². The molecular weight excluding hydrogens is 190 g/mol. The predicted octanol–water partition coefficient (Wildman–Crippen LogP) is 1.39. The summed E-state index contributed by atoms with van der Waals surface area (Å²) in [6.07, 6.45) is 8.36. The summed E-state index contributed by atoms with van der Waals surface area (Å²) in [5.41, 5.74) is 6.09. The molecule has 3 nitrogen and oxygen atoms in total. The highest BCUT2D eigenvalue weighted by Gasteiger charge is 2.66. The molecule has 3 aliphatic rings. The monoisotopic (exact) mass is 207 g/mol. The van der Waals surface area contributed by atoms with Crippen LogP contribution >= 0.6 is 0 Å². The number of rotatable bonds is 3. The fourth-order valence-corrected chi connectivity index (χ4v) is 4.03. The Bertz CT molecular complexity index is 346. The van der Waals surface area contributed by atoms with Crippen LogP contribution in [0.3, 0.4) is 0 Å². The summed E-state index contributed by atoms with van der Waals surface area (Å²) in [5, 5.41) is 8.98. The van der Waals surface area contributed by atoms with Gasteiger partial charge in [-0.1, -0.05) is 12.2 Å². The Morgan fingerprint density at radius 2 is 2.27 bits per heavy atom. The molecule has 3 atom stereocenters. The second-order valence-electron chi connectivity index (χ2n) is 5.57. The number of carboxylic acid groups (broad SMARTS) is 1. The molecule has 0 aliphatic heterocycles. The SMILES string of the molecule is NC[C@@]1(CC(=O)O)C[C@@H]2C=CC3(CC3)[C@@H]21. The first kappa shape index (κ1) is 9.40. The Balaban J connectivity index is 1.85. The summed E-state index contributed by atoms with van der Waals surface area (Å²) in [4.78, 5) is 10.9. The molecule has 0 aromatic heterocycles. The van der Waals surface area contributed by atoms with Crippen LogP contribution < -0.4 is 5.73 Å². The van der Waals surface area contributed by atoms with Gasteiger partial charge >= 0.3 is 5.97 Å². The number of nitrogens with two attached hydrogens (primary N) is 1. The molecule has 0 unspecified atom stereocenters. The molecule has 2 saturated carbocycles. The van der Waals surface area contributed by atoms with Crippen molar-refractivity contribution in [1.82, 2.24) is 0 Å². The Morgan fingerprint density at radius 1 is 1.53 bits per heavy atom. The van der Waals surface area contributed by atoms with Crippen LogP contribution in [0.5, 0.6) is 0 Å². The molecule has 82 valence electrons. The van der Waals surface area contributed by atoms with Crippen molar-refractivity contribution in [3.63, 3.8) is 0 Å². The molecular formula is C12H17NO2. The van der Waals surface area contributed by atoms with Crippen LogP contribution in [0.1, 0.15) is 25.7 Å². The van der Waals surface area contributed by atoms with E-state index in [-0.39, 0.29) is 11.8 Å². The summed E-state index contributed by atoms with van der Waals surface area (Å²) >= 11 is 0. The Morgan fingerprint density at radius 3 is 2.80 bits per heavy atom. The van der Waals surface area contributed by atoms with E-state index in [1.54, 1.807) is 0 Å². The minimum absolute atomic E-state index is 0.101. The first-order valence-corrected chi connectivity index (χ1v) is 5.73. The Labute approximate surface area is 89.3 Å². The molecule has 3 heteroatoms. The van der Waals surface area contributed by atoms with Gasteiger partial charge in [-0.3, -0.25) is 4.79 Å². The van der Waals surface area contributed by atoms with Crippen LogP contribution in [0.4, 0.5) is 0 Å². The van der Waals surface area contributed by atoms with E-state index in [2.05, 4.69) is 12.2 Å². The van der Waals surface area contributed by atoms with E-state index in [9.17, 15) is 4.79 Å². The van der Waals surface area contributed by atoms with Crippen LogP contribution in [0.15, 0.2) is 12.2 Å². The Kier molecular flexibility index (Phi) is 1.66. The molecule has 0 heterocycles. The lowest BCUT2D eigenvalue weighted by molar-refractivity contribution is -0.146. The second kappa shape index (κ2) is 2.64. The number of hydrogen-bond acceptors (Lipinski definition) is 2. The van der Waals surface area contributed by atoms with Gasteiger partial charge in [0.25, 0.3) is 0 Å². The number of allylic oxidation sites excluding steroid dienone is 2. The van der Waals surface area contributed by atoms with E-state index < -0.39 is 5.97 Å². The van der Waals surface area contributed by atoms with Gasteiger partial charge in [0.15, 0.2) is 0 Å². The van der Waals surface area contributed by atoms with E-state index in [0.717, 1.165) is 6.42 Å². The standard InChI is InChI=1S/C12H17NO2/c13-7-12(6-9(14)15)5-8-1-2-11(3-4-11)10(8)12/h1-2,8,10H,3-7,13H2,(H,14,15)/t8-,10+,12-/m0/s1. The fourth-order valence-electron chi connectivity index (χ4n) is 4.03. The lowest BCUT2D eigenvalue weighted by atomic mass is 9.50. The molecule has 15 heavy (non-hydrogen) atoms. The number of aliphatic carboxylic acids is 1. The number of hydrogen-bond donors (Lipinski definition) is 2. The molecule has 0 aromatic rings. The molecule has 0 radical (unpaired) electrons. The van der Waals surface area contributed by atoms with E-state index in [0.29, 0.717) is 23.8 Å². The highest BCUT2D eigenvalue weighted by molar-refractivity contribution is 5.68.